The second-order valence-electron chi connectivity index (χ2n) is 7.19. The molecule has 0 saturated heterocycles. The van der Waals surface area contributed by atoms with E-state index in [9.17, 15) is 0 Å². The minimum atomic E-state index is 0.748. The molecule has 3 aromatic heterocycles. The molecule has 6 heteroatoms. The molecule has 0 aliphatic carbocycles. The van der Waals surface area contributed by atoms with Gasteiger partial charge in [-0.1, -0.05) is 36.4 Å². The Balaban J connectivity index is 1.69. The minimum Gasteiger partial charge on any atom is -0.454 e. The summed E-state index contributed by atoms with van der Waals surface area (Å²) in [5.74, 6) is 0.748. The number of benzene rings is 2. The van der Waals surface area contributed by atoms with E-state index in [0.29, 0.717) is 0 Å². The Morgan fingerprint density at radius 2 is 1.87 bits per heavy atom. The van der Waals surface area contributed by atoms with Gasteiger partial charge in [-0.05, 0) is 55.3 Å². The zero-order valence-corrected chi connectivity index (χ0v) is 18.0. The van der Waals surface area contributed by atoms with Crippen LogP contribution in [0.2, 0.25) is 0 Å². The quantitative estimate of drug-likeness (QED) is 0.328. The average molecular weight is 425 g/mol. The lowest BCUT2D eigenvalue weighted by molar-refractivity contribution is 0.622. The van der Waals surface area contributed by atoms with Gasteiger partial charge in [-0.3, -0.25) is 4.98 Å². The molecule has 5 nitrogen and oxygen atoms in total. The van der Waals surface area contributed by atoms with E-state index in [2.05, 4.69) is 24.9 Å². The highest BCUT2D eigenvalue weighted by atomic mass is 32.1. The molecule has 0 aliphatic heterocycles. The molecule has 3 heterocycles. The number of fused-ring (bicyclic) bond motifs is 1. The fourth-order valence-corrected chi connectivity index (χ4v) is 4.13. The van der Waals surface area contributed by atoms with E-state index in [1.165, 1.54) is 16.9 Å². The summed E-state index contributed by atoms with van der Waals surface area (Å²) >= 11 is 1.53. The first-order valence-electron chi connectivity index (χ1n) is 9.95. The molecule has 31 heavy (non-hydrogen) atoms. The van der Waals surface area contributed by atoms with Crippen molar-refractivity contribution < 1.29 is 4.42 Å². The smallest absolute Gasteiger partial charge is 0.211 e. The number of nitrogens with zero attached hydrogens (tertiary/aromatic N) is 4. The Morgan fingerprint density at radius 1 is 1.00 bits per heavy atom. The number of hydrogen-bond acceptors (Lipinski definition) is 5. The highest BCUT2D eigenvalue weighted by molar-refractivity contribution is 7.07. The predicted octanol–water partition coefficient (Wildman–Crippen LogP) is 6.09. The van der Waals surface area contributed by atoms with Crippen LogP contribution >= 0.6 is 11.3 Å². The Kier molecular flexibility index (Phi) is 5.06. The summed E-state index contributed by atoms with van der Waals surface area (Å²) in [7, 11) is 0. The first-order valence-corrected chi connectivity index (χ1v) is 10.8. The normalized spacial score (nSPS) is 12.3. The van der Waals surface area contributed by atoms with Gasteiger partial charge in [0, 0.05) is 17.0 Å². The van der Waals surface area contributed by atoms with E-state index in [4.69, 9.17) is 14.5 Å². The van der Waals surface area contributed by atoms with Crippen LogP contribution in [0.15, 0.2) is 92.8 Å². The number of hydrogen-bond donors (Lipinski definition) is 0. The standard InChI is InChI=1S/C25H20N4OS/c1-17-8-7-11-21(18(17)2)28-25-29(27-15-20-10-5-6-13-26-20)22(16-31-25)24-14-19-9-3-4-12-23(19)30-24/h3-16H,1-2H3. The molecule has 152 valence electrons. The van der Waals surface area contributed by atoms with Crippen LogP contribution in [-0.4, -0.2) is 15.9 Å². The van der Waals surface area contributed by atoms with Crippen LogP contribution in [0.5, 0.6) is 0 Å². The summed E-state index contributed by atoms with van der Waals surface area (Å²) in [5.41, 5.74) is 5.75. The summed E-state index contributed by atoms with van der Waals surface area (Å²) < 4.78 is 7.93. The molecule has 5 aromatic rings. The third-order valence-corrected chi connectivity index (χ3v) is 5.96. The van der Waals surface area contributed by atoms with Gasteiger partial charge >= 0.3 is 0 Å². The third-order valence-electron chi connectivity index (χ3n) is 5.15. The molecule has 0 N–H and O–H groups in total. The Morgan fingerprint density at radius 3 is 2.71 bits per heavy atom. The number of para-hydroxylation sites is 1. The summed E-state index contributed by atoms with van der Waals surface area (Å²) in [5, 5.41) is 7.80. The van der Waals surface area contributed by atoms with Crippen molar-refractivity contribution >= 4 is 34.2 Å². The first-order chi connectivity index (χ1) is 15.2. The van der Waals surface area contributed by atoms with Gasteiger partial charge in [0.15, 0.2) is 5.76 Å². The van der Waals surface area contributed by atoms with Crippen LogP contribution in [-0.2, 0) is 0 Å². The van der Waals surface area contributed by atoms with Crippen molar-refractivity contribution in [1.82, 2.24) is 9.66 Å². The van der Waals surface area contributed by atoms with Gasteiger partial charge in [0.1, 0.15) is 11.3 Å². The lowest BCUT2D eigenvalue weighted by atomic mass is 10.1. The molecule has 0 radical (unpaired) electrons. The molecular formula is C25H20N4OS. The van der Waals surface area contributed by atoms with Crippen LogP contribution in [0.1, 0.15) is 16.8 Å². The highest BCUT2D eigenvalue weighted by Crippen LogP contribution is 2.28. The number of rotatable bonds is 4. The zero-order chi connectivity index (χ0) is 21.2. The lowest BCUT2D eigenvalue weighted by Gasteiger charge is -2.04. The first kappa shape index (κ1) is 19.2. The second-order valence-corrected chi connectivity index (χ2v) is 8.03. The van der Waals surface area contributed by atoms with Gasteiger partial charge in [0.05, 0.1) is 17.6 Å². The molecule has 0 atom stereocenters. The number of aromatic nitrogens is 2. The van der Waals surface area contributed by atoms with Crippen LogP contribution in [0.4, 0.5) is 5.69 Å². The van der Waals surface area contributed by atoms with Gasteiger partial charge in [0.2, 0.25) is 4.80 Å². The summed E-state index contributed by atoms with van der Waals surface area (Å²) in [6.07, 6.45) is 3.49. The van der Waals surface area contributed by atoms with Crippen LogP contribution in [0, 0.1) is 13.8 Å². The Hall–Kier alpha value is -3.77. The highest BCUT2D eigenvalue weighted by Gasteiger charge is 2.13. The van der Waals surface area contributed by atoms with Gasteiger partial charge < -0.3 is 4.42 Å². The van der Waals surface area contributed by atoms with Gasteiger partial charge in [-0.25, -0.2) is 9.67 Å². The third kappa shape index (κ3) is 3.85. The van der Waals surface area contributed by atoms with Crippen LogP contribution < -0.4 is 4.80 Å². The molecule has 0 unspecified atom stereocenters. The van der Waals surface area contributed by atoms with Gasteiger partial charge in [0.25, 0.3) is 0 Å². The van der Waals surface area contributed by atoms with E-state index in [1.807, 2.05) is 70.7 Å². The summed E-state index contributed by atoms with van der Waals surface area (Å²) in [4.78, 5) is 10.0. The fraction of sp³-hybridized carbons (Fsp3) is 0.0800. The van der Waals surface area contributed by atoms with E-state index in [-0.39, 0.29) is 0 Å². The fourth-order valence-electron chi connectivity index (χ4n) is 3.30. The van der Waals surface area contributed by atoms with E-state index < -0.39 is 0 Å². The number of pyridine rings is 1. The van der Waals surface area contributed by atoms with E-state index in [1.54, 1.807) is 12.4 Å². The van der Waals surface area contributed by atoms with Crippen molar-refractivity contribution in [2.45, 2.75) is 13.8 Å². The average Bonchev–Trinajstić information content (AvgIpc) is 3.40. The van der Waals surface area contributed by atoms with Crippen molar-refractivity contribution in [2.75, 3.05) is 0 Å². The maximum absolute atomic E-state index is 6.11. The Labute approximate surface area is 183 Å². The summed E-state index contributed by atoms with van der Waals surface area (Å²) in [6, 6.07) is 21.9. The monoisotopic (exact) mass is 424 g/mol. The van der Waals surface area contributed by atoms with Crippen LogP contribution in [0.25, 0.3) is 22.4 Å². The Bertz CT molecular complexity index is 1420. The molecule has 0 amide bonds. The van der Waals surface area contributed by atoms with Crippen molar-refractivity contribution in [1.29, 1.82) is 0 Å². The predicted molar refractivity (Wildman–Crippen MR) is 126 cm³/mol. The minimum absolute atomic E-state index is 0.748. The SMILES string of the molecule is Cc1cccc(N=c2scc(-c3cc4ccccc4o3)n2N=Cc2ccccn2)c1C. The molecule has 0 aliphatic rings. The maximum atomic E-state index is 6.11. The molecule has 0 saturated carbocycles. The molecule has 0 fully saturated rings. The van der Waals surface area contributed by atoms with Gasteiger partial charge in [-0.2, -0.15) is 5.10 Å². The maximum Gasteiger partial charge on any atom is 0.211 e. The molecule has 0 bridgehead atoms. The molecule has 5 rings (SSSR count). The second kappa shape index (κ2) is 8.16. The van der Waals surface area contributed by atoms with Crippen molar-refractivity contribution in [2.24, 2.45) is 10.1 Å². The van der Waals surface area contributed by atoms with E-state index >= 15 is 0 Å². The molecule has 2 aromatic carbocycles. The number of thiazole rings is 1. The van der Waals surface area contributed by atoms with Crippen molar-refractivity contribution in [3.63, 3.8) is 0 Å². The van der Waals surface area contributed by atoms with Crippen molar-refractivity contribution in [3.05, 3.63) is 99.9 Å². The summed E-state index contributed by atoms with van der Waals surface area (Å²) in [6.45, 7) is 4.18. The number of aryl methyl sites for hydroxylation is 1. The lowest BCUT2D eigenvalue weighted by Crippen LogP contribution is -2.11. The number of furan rings is 1. The van der Waals surface area contributed by atoms with Crippen molar-refractivity contribution in [3.8, 4) is 11.5 Å². The van der Waals surface area contributed by atoms with Gasteiger partial charge in [-0.15, -0.1) is 11.3 Å². The van der Waals surface area contributed by atoms with Crippen LogP contribution in [0.3, 0.4) is 0 Å². The molecule has 0 spiro atoms. The zero-order valence-electron chi connectivity index (χ0n) is 17.2. The topological polar surface area (TPSA) is 55.7 Å². The largest absolute Gasteiger partial charge is 0.454 e. The van der Waals surface area contributed by atoms with E-state index in [0.717, 1.165) is 44.2 Å². The molecular weight excluding hydrogens is 404 g/mol.